The zero-order chi connectivity index (χ0) is 27.0. The third-order valence-electron chi connectivity index (χ3n) is 7.46. The van der Waals surface area contributed by atoms with Crippen LogP contribution in [0, 0.1) is 30.6 Å². The molecule has 7 heteroatoms. The first-order valence-corrected chi connectivity index (χ1v) is 14.1. The van der Waals surface area contributed by atoms with Gasteiger partial charge in [0.05, 0.1) is 29.3 Å². The standard InChI is InChI=1S/C29H45NO5S/c1-17-9-8-10-18(2)13-20(4)28(33)22(6)29(34)21(5)25(31)15-27(32)35-26(12-11-17)19(3)14-24-16-36-23(7)30-24/h11,14,16,18,20-22,25-26,28,31,33H,8-10,12-13,15H2,1-7H3/b17-11-,19-14+/t18?,20-,21?,22+,25-,26-,28-/m0/s1. The van der Waals surface area contributed by atoms with Crippen molar-refractivity contribution in [3.63, 3.8) is 0 Å². The average molecular weight is 520 g/mol. The molecule has 0 aromatic carbocycles. The number of carbonyl (C=O) groups excluding carboxylic acids is 2. The molecule has 1 aliphatic rings. The fourth-order valence-electron chi connectivity index (χ4n) is 4.95. The van der Waals surface area contributed by atoms with Crippen molar-refractivity contribution in [2.24, 2.45) is 23.7 Å². The second-order valence-corrected chi connectivity index (χ2v) is 12.0. The number of aliphatic hydroxyl groups excluding tert-OH is 2. The molecule has 2 heterocycles. The second kappa shape index (κ2) is 14.2. The van der Waals surface area contributed by atoms with E-state index < -0.39 is 36.1 Å². The maximum absolute atomic E-state index is 13.0. The van der Waals surface area contributed by atoms with Gasteiger partial charge < -0.3 is 14.9 Å². The van der Waals surface area contributed by atoms with Gasteiger partial charge in [0, 0.05) is 23.6 Å². The number of esters is 1. The van der Waals surface area contributed by atoms with Crippen LogP contribution >= 0.6 is 11.3 Å². The summed E-state index contributed by atoms with van der Waals surface area (Å²) in [5, 5.41) is 24.5. The highest BCUT2D eigenvalue weighted by Gasteiger charge is 2.34. The molecule has 0 aliphatic carbocycles. The summed E-state index contributed by atoms with van der Waals surface area (Å²) >= 11 is 1.57. The fourth-order valence-corrected chi connectivity index (χ4v) is 5.52. The van der Waals surface area contributed by atoms with Crippen LogP contribution in [0.25, 0.3) is 6.08 Å². The number of hydrogen-bond acceptors (Lipinski definition) is 7. The van der Waals surface area contributed by atoms with Crippen LogP contribution in [0.2, 0.25) is 0 Å². The van der Waals surface area contributed by atoms with E-state index in [4.69, 9.17) is 4.74 Å². The molecular weight excluding hydrogens is 474 g/mol. The Morgan fingerprint density at radius 2 is 1.83 bits per heavy atom. The zero-order valence-corrected chi connectivity index (χ0v) is 23.8. The lowest BCUT2D eigenvalue weighted by molar-refractivity contribution is -0.151. The lowest BCUT2D eigenvalue weighted by atomic mass is 9.80. The van der Waals surface area contributed by atoms with Crippen molar-refractivity contribution in [1.29, 1.82) is 0 Å². The highest BCUT2D eigenvalue weighted by molar-refractivity contribution is 7.09. The number of aliphatic hydroxyl groups is 2. The Hall–Kier alpha value is -1.83. The van der Waals surface area contributed by atoms with Gasteiger partial charge in [-0.05, 0) is 63.5 Å². The number of allylic oxidation sites excluding steroid dienone is 1. The van der Waals surface area contributed by atoms with Crippen molar-refractivity contribution in [2.45, 2.75) is 105 Å². The van der Waals surface area contributed by atoms with Gasteiger partial charge in [0.1, 0.15) is 11.9 Å². The highest BCUT2D eigenvalue weighted by Crippen LogP contribution is 2.28. The van der Waals surface area contributed by atoms with E-state index in [-0.39, 0.29) is 18.1 Å². The molecule has 0 saturated carbocycles. The summed E-state index contributed by atoms with van der Waals surface area (Å²) < 4.78 is 5.82. The van der Waals surface area contributed by atoms with Crippen LogP contribution in [0.3, 0.4) is 0 Å². The van der Waals surface area contributed by atoms with E-state index in [2.05, 4.69) is 24.9 Å². The summed E-state index contributed by atoms with van der Waals surface area (Å²) in [6.07, 6.45) is 5.79. The Morgan fingerprint density at radius 3 is 2.47 bits per heavy atom. The van der Waals surface area contributed by atoms with Crippen molar-refractivity contribution in [3.05, 3.63) is 33.3 Å². The van der Waals surface area contributed by atoms with Crippen LogP contribution in [0.15, 0.2) is 22.6 Å². The Labute approximate surface area is 220 Å². The van der Waals surface area contributed by atoms with Gasteiger partial charge in [-0.2, -0.15) is 0 Å². The third kappa shape index (κ3) is 9.24. The first kappa shape index (κ1) is 30.4. The van der Waals surface area contributed by atoms with E-state index in [1.54, 1.807) is 25.2 Å². The van der Waals surface area contributed by atoms with Crippen molar-refractivity contribution in [3.8, 4) is 0 Å². The predicted molar refractivity (Wildman–Crippen MR) is 146 cm³/mol. The topological polar surface area (TPSA) is 96.7 Å². The van der Waals surface area contributed by atoms with Gasteiger partial charge >= 0.3 is 5.97 Å². The molecular formula is C29H45NO5S. The third-order valence-corrected chi connectivity index (χ3v) is 8.25. The molecule has 7 atom stereocenters. The maximum Gasteiger partial charge on any atom is 0.309 e. The van der Waals surface area contributed by atoms with Crippen LogP contribution in [0.5, 0.6) is 0 Å². The molecule has 6 nitrogen and oxygen atoms in total. The number of thiazole rings is 1. The molecule has 0 saturated heterocycles. The molecule has 2 rings (SSSR count). The molecule has 1 aromatic rings. The second-order valence-electron chi connectivity index (χ2n) is 10.9. The zero-order valence-electron chi connectivity index (χ0n) is 23.0. The van der Waals surface area contributed by atoms with Gasteiger partial charge in [-0.25, -0.2) is 4.98 Å². The fraction of sp³-hybridized carbons (Fsp3) is 0.690. The quantitative estimate of drug-likeness (QED) is 0.373. The first-order valence-electron chi connectivity index (χ1n) is 13.2. The lowest BCUT2D eigenvalue weighted by Gasteiger charge is -2.29. The van der Waals surface area contributed by atoms with Crippen LogP contribution in [-0.2, 0) is 14.3 Å². The minimum absolute atomic E-state index is 0.0270. The van der Waals surface area contributed by atoms with Crippen LogP contribution in [0.4, 0.5) is 0 Å². The predicted octanol–water partition coefficient (Wildman–Crippen LogP) is 5.90. The van der Waals surface area contributed by atoms with E-state index in [1.807, 2.05) is 32.2 Å². The molecule has 2 N–H and O–H groups in total. The van der Waals surface area contributed by atoms with Crippen molar-refractivity contribution in [2.75, 3.05) is 0 Å². The molecule has 1 aromatic heterocycles. The Balaban J connectivity index is 2.28. The number of cyclic esters (lactones) is 1. The number of Topliss-reactive ketones (excluding diaryl/α,β-unsaturated/α-hetero) is 1. The van der Waals surface area contributed by atoms with Gasteiger partial charge in [0.25, 0.3) is 0 Å². The van der Waals surface area contributed by atoms with Crippen molar-refractivity contribution < 1.29 is 24.5 Å². The first-order chi connectivity index (χ1) is 16.9. The van der Waals surface area contributed by atoms with E-state index in [0.29, 0.717) is 12.3 Å². The number of aryl methyl sites for hydroxylation is 1. The monoisotopic (exact) mass is 519 g/mol. The van der Waals surface area contributed by atoms with E-state index >= 15 is 0 Å². The van der Waals surface area contributed by atoms with Gasteiger partial charge in [0.15, 0.2) is 0 Å². The average Bonchev–Trinajstić information content (AvgIpc) is 3.23. The molecule has 0 spiro atoms. The summed E-state index contributed by atoms with van der Waals surface area (Å²) in [6.45, 7) is 13.5. The number of carbonyl (C=O) groups is 2. The van der Waals surface area contributed by atoms with E-state index in [9.17, 15) is 19.8 Å². The van der Waals surface area contributed by atoms with Crippen molar-refractivity contribution >= 4 is 29.2 Å². The SMILES string of the molecule is C/C1=C/C[C@@H](/C(C)=C/c2csc(C)n2)OC(=O)C[C@H](O)C(C)C(=O)[C@H](C)[C@@H](O)[C@@H](C)CC(C)CCC1. The van der Waals surface area contributed by atoms with Crippen molar-refractivity contribution in [1.82, 2.24) is 4.98 Å². The number of aromatic nitrogens is 1. The molecule has 0 radical (unpaired) electrons. The smallest absolute Gasteiger partial charge is 0.309 e. The van der Waals surface area contributed by atoms with Crippen LogP contribution in [-0.4, -0.2) is 45.3 Å². The van der Waals surface area contributed by atoms with Gasteiger partial charge in [-0.15, -0.1) is 11.3 Å². The minimum Gasteiger partial charge on any atom is -0.457 e. The molecule has 0 bridgehead atoms. The molecule has 202 valence electrons. The Bertz CT molecular complexity index is 936. The van der Waals surface area contributed by atoms with Gasteiger partial charge in [0.2, 0.25) is 0 Å². The van der Waals surface area contributed by atoms with Crippen LogP contribution in [0.1, 0.15) is 90.8 Å². The number of rotatable bonds is 2. The van der Waals surface area contributed by atoms with E-state index in [1.165, 1.54) is 5.57 Å². The largest absolute Gasteiger partial charge is 0.457 e. The van der Waals surface area contributed by atoms with Gasteiger partial charge in [-0.3, -0.25) is 9.59 Å². The maximum atomic E-state index is 13.0. The Morgan fingerprint density at radius 1 is 1.14 bits per heavy atom. The highest BCUT2D eigenvalue weighted by atomic mass is 32.1. The number of ether oxygens (including phenoxy) is 1. The number of nitrogens with zero attached hydrogens (tertiary/aromatic N) is 1. The minimum atomic E-state index is -1.17. The summed E-state index contributed by atoms with van der Waals surface area (Å²) in [5.41, 5.74) is 2.97. The molecule has 0 amide bonds. The number of ketones is 1. The van der Waals surface area contributed by atoms with Gasteiger partial charge in [-0.1, -0.05) is 45.8 Å². The normalized spacial score (nSPS) is 34.3. The molecule has 2 unspecified atom stereocenters. The van der Waals surface area contributed by atoms with E-state index in [0.717, 1.165) is 42.0 Å². The number of hydrogen-bond donors (Lipinski definition) is 2. The molecule has 0 fully saturated rings. The molecule has 36 heavy (non-hydrogen) atoms. The summed E-state index contributed by atoms with van der Waals surface area (Å²) in [6, 6.07) is 0. The lowest BCUT2D eigenvalue weighted by Crippen LogP contribution is -2.39. The summed E-state index contributed by atoms with van der Waals surface area (Å²) in [4.78, 5) is 30.3. The van der Waals surface area contributed by atoms with Crippen LogP contribution < -0.4 is 0 Å². The summed E-state index contributed by atoms with van der Waals surface area (Å²) in [7, 11) is 0. The summed E-state index contributed by atoms with van der Waals surface area (Å²) in [5.74, 6) is -1.75. The molecule has 1 aliphatic heterocycles. The Kier molecular flexibility index (Phi) is 12.0.